The van der Waals surface area contributed by atoms with Gasteiger partial charge in [0.2, 0.25) is 5.91 Å². The lowest BCUT2D eigenvalue weighted by Crippen LogP contribution is -2.42. The van der Waals surface area contributed by atoms with Crippen LogP contribution in [-0.4, -0.2) is 24.7 Å². The van der Waals surface area contributed by atoms with Crippen LogP contribution in [0, 0.1) is 5.82 Å². The number of carbonyl (C=O) groups excluding carboxylic acids is 2. The molecule has 0 spiro atoms. The second-order valence-corrected chi connectivity index (χ2v) is 6.44. The number of rotatable bonds is 5. The van der Waals surface area contributed by atoms with E-state index in [0.717, 1.165) is 11.8 Å². The van der Waals surface area contributed by atoms with Gasteiger partial charge in [0.25, 0.3) is 5.91 Å². The molecule has 8 heteroatoms. The summed E-state index contributed by atoms with van der Waals surface area (Å²) in [7, 11) is 1.52. The summed E-state index contributed by atoms with van der Waals surface area (Å²) in [5.74, 6) is -0.723. The minimum absolute atomic E-state index is 0.0203. The molecule has 0 saturated heterocycles. The smallest absolute Gasteiger partial charge is 0.269 e. The summed E-state index contributed by atoms with van der Waals surface area (Å²) in [6.07, 6.45) is 0. The number of halogens is 2. The molecule has 2 N–H and O–H groups in total. The van der Waals surface area contributed by atoms with Gasteiger partial charge >= 0.3 is 0 Å². The Kier molecular flexibility index (Phi) is 6.62. The minimum atomic E-state index is -0.470. The summed E-state index contributed by atoms with van der Waals surface area (Å²) in [5.41, 5.74) is 4.95. The van der Waals surface area contributed by atoms with Crippen LogP contribution in [0.2, 0.25) is 0 Å². The maximum Gasteiger partial charge on any atom is 0.269 e. The van der Waals surface area contributed by atoms with Crippen LogP contribution >= 0.6 is 27.7 Å². The number of hydrazine groups is 1. The van der Waals surface area contributed by atoms with Gasteiger partial charge in [-0.1, -0.05) is 12.1 Å². The minimum Gasteiger partial charge on any atom is -0.496 e. The Bertz CT molecular complexity index is 758. The molecule has 0 aliphatic heterocycles. The van der Waals surface area contributed by atoms with Crippen molar-refractivity contribution in [2.45, 2.75) is 4.90 Å². The molecule has 0 bridgehead atoms. The van der Waals surface area contributed by atoms with E-state index in [-0.39, 0.29) is 11.6 Å². The average Bonchev–Trinajstić information content (AvgIpc) is 2.58. The molecule has 0 aliphatic carbocycles. The zero-order valence-corrected chi connectivity index (χ0v) is 15.0. The van der Waals surface area contributed by atoms with Crippen LogP contribution < -0.4 is 15.6 Å². The summed E-state index contributed by atoms with van der Waals surface area (Å²) >= 11 is 4.33. The Morgan fingerprint density at radius 3 is 2.62 bits per heavy atom. The third-order valence-electron chi connectivity index (χ3n) is 2.92. The van der Waals surface area contributed by atoms with Crippen molar-refractivity contribution in [2.75, 3.05) is 12.9 Å². The molecular weight excluding hydrogens is 399 g/mol. The lowest BCUT2D eigenvalue weighted by Gasteiger charge is -2.09. The summed E-state index contributed by atoms with van der Waals surface area (Å²) in [4.78, 5) is 24.1. The van der Waals surface area contributed by atoms with Crippen LogP contribution in [0.5, 0.6) is 5.75 Å². The van der Waals surface area contributed by atoms with Gasteiger partial charge in [0, 0.05) is 10.5 Å². The van der Waals surface area contributed by atoms with Crippen LogP contribution in [0.15, 0.2) is 51.8 Å². The zero-order chi connectivity index (χ0) is 17.5. The molecule has 24 heavy (non-hydrogen) atoms. The largest absolute Gasteiger partial charge is 0.496 e. The van der Waals surface area contributed by atoms with Gasteiger partial charge in [-0.2, -0.15) is 0 Å². The number of hydrogen-bond acceptors (Lipinski definition) is 4. The van der Waals surface area contributed by atoms with Crippen LogP contribution in [0.4, 0.5) is 4.39 Å². The first-order chi connectivity index (χ1) is 11.5. The summed E-state index contributed by atoms with van der Waals surface area (Å²) in [6.45, 7) is 0. The first-order valence-electron chi connectivity index (χ1n) is 6.81. The van der Waals surface area contributed by atoms with Crippen molar-refractivity contribution in [3.63, 3.8) is 0 Å². The summed E-state index contributed by atoms with van der Waals surface area (Å²) in [6, 6.07) is 11.0. The van der Waals surface area contributed by atoms with E-state index < -0.39 is 11.8 Å². The Morgan fingerprint density at radius 1 is 1.21 bits per heavy atom. The molecule has 0 fully saturated rings. The highest BCUT2D eigenvalue weighted by molar-refractivity contribution is 9.10. The lowest BCUT2D eigenvalue weighted by molar-refractivity contribution is -0.119. The maximum atomic E-state index is 13.4. The number of hydrogen-bond donors (Lipinski definition) is 2. The van der Waals surface area contributed by atoms with E-state index >= 15 is 0 Å². The van der Waals surface area contributed by atoms with Crippen LogP contribution in [-0.2, 0) is 4.79 Å². The molecule has 0 radical (unpaired) electrons. The van der Waals surface area contributed by atoms with E-state index in [9.17, 15) is 14.0 Å². The number of carbonyl (C=O) groups is 2. The van der Waals surface area contributed by atoms with Crippen molar-refractivity contribution >= 4 is 39.5 Å². The fraction of sp³-hybridized carbons (Fsp3) is 0.125. The molecule has 0 aromatic heterocycles. The zero-order valence-electron chi connectivity index (χ0n) is 12.6. The van der Waals surface area contributed by atoms with Crippen LogP contribution in [0.25, 0.3) is 0 Å². The molecule has 2 aromatic rings. The topological polar surface area (TPSA) is 67.4 Å². The van der Waals surface area contributed by atoms with Gasteiger partial charge < -0.3 is 4.74 Å². The third-order valence-corrected chi connectivity index (χ3v) is 4.59. The van der Waals surface area contributed by atoms with Gasteiger partial charge in [0.1, 0.15) is 11.6 Å². The van der Waals surface area contributed by atoms with Gasteiger partial charge in [-0.3, -0.25) is 20.4 Å². The molecule has 5 nitrogen and oxygen atoms in total. The van der Waals surface area contributed by atoms with E-state index in [2.05, 4.69) is 26.8 Å². The van der Waals surface area contributed by atoms with Crippen LogP contribution in [0.1, 0.15) is 10.4 Å². The molecule has 0 heterocycles. The molecular formula is C16H14BrFN2O3S. The van der Waals surface area contributed by atoms with Crippen molar-refractivity contribution in [1.29, 1.82) is 0 Å². The van der Waals surface area contributed by atoms with Crippen molar-refractivity contribution in [1.82, 2.24) is 10.9 Å². The molecule has 0 saturated carbocycles. The van der Waals surface area contributed by atoms with Crippen molar-refractivity contribution in [2.24, 2.45) is 0 Å². The molecule has 126 valence electrons. The van der Waals surface area contributed by atoms with E-state index in [1.165, 1.54) is 13.2 Å². The van der Waals surface area contributed by atoms with Gasteiger partial charge in [-0.25, -0.2) is 4.39 Å². The molecule has 2 amide bonds. The highest BCUT2D eigenvalue weighted by atomic mass is 79.9. The highest BCUT2D eigenvalue weighted by Crippen LogP contribution is 2.25. The van der Waals surface area contributed by atoms with E-state index in [4.69, 9.17) is 4.74 Å². The van der Waals surface area contributed by atoms with E-state index in [1.807, 2.05) is 0 Å². The molecule has 0 unspecified atom stereocenters. The quantitative estimate of drug-likeness (QED) is 0.584. The Hall–Kier alpha value is -2.06. The van der Waals surface area contributed by atoms with Gasteiger partial charge in [-0.05, 0) is 46.3 Å². The Morgan fingerprint density at radius 2 is 1.96 bits per heavy atom. The number of ether oxygens (including phenoxy) is 1. The Balaban J connectivity index is 1.84. The average molecular weight is 413 g/mol. The monoisotopic (exact) mass is 412 g/mol. The molecule has 2 aromatic carbocycles. The second-order valence-electron chi connectivity index (χ2n) is 4.57. The summed E-state index contributed by atoms with van der Waals surface area (Å²) in [5, 5.41) is 0. The van der Waals surface area contributed by atoms with Crippen molar-refractivity contribution in [3.05, 3.63) is 58.3 Å². The van der Waals surface area contributed by atoms with Gasteiger partial charge in [0.15, 0.2) is 0 Å². The molecule has 2 rings (SSSR count). The number of nitrogens with one attached hydrogen (secondary N) is 2. The Labute approximate surface area is 151 Å². The third kappa shape index (κ3) is 4.97. The highest BCUT2D eigenvalue weighted by Gasteiger charge is 2.11. The van der Waals surface area contributed by atoms with Crippen molar-refractivity contribution < 1.29 is 18.7 Å². The standard InChI is InChI=1S/C16H14BrFN2O3S/c1-23-13-7-6-10(8-11(13)17)16(22)20-19-15(21)9-24-14-5-3-2-4-12(14)18/h2-8H,9H2,1H3,(H,19,21)(H,20,22). The SMILES string of the molecule is COc1ccc(C(=O)NNC(=O)CSc2ccccc2F)cc1Br. The van der Waals surface area contributed by atoms with Crippen LogP contribution in [0.3, 0.4) is 0 Å². The molecule has 0 atom stereocenters. The lowest BCUT2D eigenvalue weighted by atomic mass is 10.2. The summed E-state index contributed by atoms with van der Waals surface area (Å²) < 4.78 is 19.1. The van der Waals surface area contributed by atoms with Gasteiger partial charge in [-0.15, -0.1) is 11.8 Å². The maximum absolute atomic E-state index is 13.4. The first kappa shape index (κ1) is 18.3. The van der Waals surface area contributed by atoms with Gasteiger partial charge in [0.05, 0.1) is 17.3 Å². The predicted octanol–water partition coefficient (Wildman–Crippen LogP) is 3.15. The predicted molar refractivity (Wildman–Crippen MR) is 93.4 cm³/mol. The normalized spacial score (nSPS) is 10.1. The fourth-order valence-corrected chi connectivity index (χ4v) is 3.03. The number of amides is 2. The van der Waals surface area contributed by atoms with E-state index in [0.29, 0.717) is 20.7 Å². The number of benzene rings is 2. The fourth-order valence-electron chi connectivity index (χ4n) is 1.75. The molecule has 0 aliphatic rings. The van der Waals surface area contributed by atoms with Crippen molar-refractivity contribution in [3.8, 4) is 5.75 Å². The van der Waals surface area contributed by atoms with E-state index in [1.54, 1.807) is 36.4 Å². The number of thioether (sulfide) groups is 1. The number of methoxy groups -OCH3 is 1. The second kappa shape index (κ2) is 8.70. The first-order valence-corrected chi connectivity index (χ1v) is 8.59.